The van der Waals surface area contributed by atoms with Crippen LogP contribution in [0.15, 0.2) is 46.9 Å². The van der Waals surface area contributed by atoms with E-state index < -0.39 is 11.0 Å². The number of aliphatic hydroxyl groups is 1. The van der Waals surface area contributed by atoms with Gasteiger partial charge in [0.25, 0.3) is 5.69 Å². The zero-order chi connectivity index (χ0) is 14.7. The molecule has 0 saturated heterocycles. The Morgan fingerprint density at radius 2 is 1.90 bits per heavy atom. The second-order valence-corrected chi connectivity index (χ2v) is 5.07. The molecule has 0 aliphatic carbocycles. The van der Waals surface area contributed by atoms with Gasteiger partial charge in [0, 0.05) is 6.07 Å². The molecule has 2 rings (SSSR count). The van der Waals surface area contributed by atoms with Crippen molar-refractivity contribution in [1.82, 2.24) is 0 Å². The van der Waals surface area contributed by atoms with Gasteiger partial charge in [-0.1, -0.05) is 12.1 Å². The summed E-state index contributed by atoms with van der Waals surface area (Å²) in [6.45, 7) is 1.67. The lowest BCUT2D eigenvalue weighted by Crippen LogP contribution is -1.92. The Kier molecular flexibility index (Phi) is 4.36. The van der Waals surface area contributed by atoms with Crippen molar-refractivity contribution in [3.8, 4) is 11.5 Å². The molecule has 2 aromatic carbocycles. The first-order valence-electron chi connectivity index (χ1n) is 5.87. The Morgan fingerprint density at radius 3 is 2.45 bits per heavy atom. The molecule has 0 saturated carbocycles. The van der Waals surface area contributed by atoms with Gasteiger partial charge in [0.05, 0.1) is 21.6 Å². The first-order valence-corrected chi connectivity index (χ1v) is 6.66. The van der Waals surface area contributed by atoms with Crippen LogP contribution in [0.25, 0.3) is 0 Å². The molecule has 6 heteroatoms. The lowest BCUT2D eigenvalue weighted by molar-refractivity contribution is -0.384. The SMILES string of the molecule is C[C@@H](O)c1ccc(Oc2cc([N+](=O)[O-])ccc2Br)cc1. The van der Waals surface area contributed by atoms with Crippen molar-refractivity contribution in [3.63, 3.8) is 0 Å². The number of nitro benzene ring substituents is 1. The van der Waals surface area contributed by atoms with E-state index in [2.05, 4.69) is 15.9 Å². The van der Waals surface area contributed by atoms with Crippen LogP contribution in [-0.2, 0) is 0 Å². The minimum absolute atomic E-state index is 0.0381. The fraction of sp³-hybridized carbons (Fsp3) is 0.143. The Labute approximate surface area is 124 Å². The number of halogens is 1. The predicted octanol–water partition coefficient (Wildman–Crippen LogP) is 4.20. The molecular formula is C14H12BrNO4. The van der Waals surface area contributed by atoms with E-state index in [0.29, 0.717) is 16.0 Å². The van der Waals surface area contributed by atoms with Crippen LogP contribution < -0.4 is 4.74 Å². The van der Waals surface area contributed by atoms with E-state index in [1.165, 1.54) is 12.1 Å². The van der Waals surface area contributed by atoms with Crippen molar-refractivity contribution in [2.24, 2.45) is 0 Å². The third-order valence-corrected chi connectivity index (χ3v) is 3.37. The topological polar surface area (TPSA) is 72.6 Å². The number of nitrogens with zero attached hydrogens (tertiary/aromatic N) is 1. The molecule has 5 nitrogen and oxygen atoms in total. The van der Waals surface area contributed by atoms with E-state index in [-0.39, 0.29) is 5.69 Å². The van der Waals surface area contributed by atoms with Crippen LogP contribution in [0.4, 0.5) is 5.69 Å². The normalized spacial score (nSPS) is 11.9. The van der Waals surface area contributed by atoms with Crippen LogP contribution in [-0.4, -0.2) is 10.0 Å². The summed E-state index contributed by atoms with van der Waals surface area (Å²) in [5, 5.41) is 20.2. The number of rotatable bonds is 4. The Bertz CT molecular complexity index is 626. The minimum Gasteiger partial charge on any atom is -0.456 e. The van der Waals surface area contributed by atoms with Crippen LogP contribution in [0.3, 0.4) is 0 Å². The molecule has 0 aliphatic heterocycles. The molecule has 0 aromatic heterocycles. The summed E-state index contributed by atoms with van der Waals surface area (Å²) >= 11 is 3.29. The smallest absolute Gasteiger partial charge is 0.273 e. The van der Waals surface area contributed by atoms with Gasteiger partial charge in [0.2, 0.25) is 0 Å². The van der Waals surface area contributed by atoms with Gasteiger partial charge < -0.3 is 9.84 Å². The molecule has 1 atom stereocenters. The van der Waals surface area contributed by atoms with Crippen molar-refractivity contribution < 1.29 is 14.8 Å². The summed E-state index contributed by atoms with van der Waals surface area (Å²) in [5.41, 5.74) is 0.735. The second-order valence-electron chi connectivity index (χ2n) is 4.22. The second kappa shape index (κ2) is 6.02. The molecule has 0 amide bonds. The lowest BCUT2D eigenvalue weighted by atomic mass is 10.1. The fourth-order valence-electron chi connectivity index (χ4n) is 1.63. The van der Waals surface area contributed by atoms with E-state index in [4.69, 9.17) is 4.74 Å². The maximum atomic E-state index is 10.7. The highest BCUT2D eigenvalue weighted by Crippen LogP contribution is 2.33. The molecule has 0 radical (unpaired) electrons. The quantitative estimate of drug-likeness (QED) is 0.670. The Morgan fingerprint density at radius 1 is 1.25 bits per heavy atom. The van der Waals surface area contributed by atoms with Crippen molar-refractivity contribution in [3.05, 3.63) is 62.6 Å². The molecule has 2 aromatic rings. The molecule has 0 fully saturated rings. The highest BCUT2D eigenvalue weighted by atomic mass is 79.9. The van der Waals surface area contributed by atoms with Gasteiger partial charge in [0.1, 0.15) is 11.5 Å². The van der Waals surface area contributed by atoms with E-state index in [1.54, 1.807) is 37.3 Å². The van der Waals surface area contributed by atoms with Crippen LogP contribution in [0.2, 0.25) is 0 Å². The van der Waals surface area contributed by atoms with E-state index in [9.17, 15) is 15.2 Å². The molecule has 104 valence electrons. The minimum atomic E-state index is -0.548. The third-order valence-electron chi connectivity index (χ3n) is 2.72. The number of hydrogen-bond donors (Lipinski definition) is 1. The largest absolute Gasteiger partial charge is 0.456 e. The summed E-state index contributed by atoms with van der Waals surface area (Å²) in [6.07, 6.45) is -0.548. The number of aliphatic hydroxyl groups excluding tert-OH is 1. The Hall–Kier alpha value is -1.92. The van der Waals surface area contributed by atoms with Gasteiger partial charge >= 0.3 is 0 Å². The lowest BCUT2D eigenvalue weighted by Gasteiger charge is -2.09. The van der Waals surface area contributed by atoms with Crippen molar-refractivity contribution >= 4 is 21.6 Å². The molecule has 0 spiro atoms. The van der Waals surface area contributed by atoms with Gasteiger partial charge in [-0.05, 0) is 46.6 Å². The van der Waals surface area contributed by atoms with Crippen molar-refractivity contribution in [2.45, 2.75) is 13.0 Å². The van der Waals surface area contributed by atoms with Crippen LogP contribution in [0.1, 0.15) is 18.6 Å². The number of ether oxygens (including phenoxy) is 1. The van der Waals surface area contributed by atoms with Crippen LogP contribution in [0.5, 0.6) is 11.5 Å². The average Bonchev–Trinajstić information content (AvgIpc) is 2.41. The van der Waals surface area contributed by atoms with Crippen LogP contribution in [0, 0.1) is 10.1 Å². The van der Waals surface area contributed by atoms with E-state index in [1.807, 2.05) is 0 Å². The third kappa shape index (κ3) is 3.34. The zero-order valence-electron chi connectivity index (χ0n) is 10.6. The first-order chi connectivity index (χ1) is 9.47. The van der Waals surface area contributed by atoms with Gasteiger partial charge in [-0.25, -0.2) is 0 Å². The summed E-state index contributed by atoms with van der Waals surface area (Å²) in [4.78, 5) is 10.3. The summed E-state index contributed by atoms with van der Waals surface area (Å²) in [7, 11) is 0. The molecular weight excluding hydrogens is 326 g/mol. The van der Waals surface area contributed by atoms with Crippen molar-refractivity contribution in [2.75, 3.05) is 0 Å². The molecule has 0 aliphatic rings. The van der Waals surface area contributed by atoms with Gasteiger partial charge in [0.15, 0.2) is 0 Å². The summed E-state index contributed by atoms with van der Waals surface area (Å²) in [5.74, 6) is 0.902. The van der Waals surface area contributed by atoms with Gasteiger partial charge in [-0.3, -0.25) is 10.1 Å². The highest BCUT2D eigenvalue weighted by Gasteiger charge is 2.11. The summed E-state index contributed by atoms with van der Waals surface area (Å²) < 4.78 is 6.23. The van der Waals surface area contributed by atoms with Gasteiger partial charge in [-0.2, -0.15) is 0 Å². The van der Waals surface area contributed by atoms with E-state index >= 15 is 0 Å². The van der Waals surface area contributed by atoms with Gasteiger partial charge in [-0.15, -0.1) is 0 Å². The predicted molar refractivity (Wildman–Crippen MR) is 77.9 cm³/mol. The molecule has 20 heavy (non-hydrogen) atoms. The van der Waals surface area contributed by atoms with Crippen molar-refractivity contribution in [1.29, 1.82) is 0 Å². The average molecular weight is 338 g/mol. The molecule has 1 N–H and O–H groups in total. The zero-order valence-corrected chi connectivity index (χ0v) is 12.2. The van der Waals surface area contributed by atoms with Crippen LogP contribution >= 0.6 is 15.9 Å². The standard InChI is InChI=1S/C14H12BrNO4/c1-9(17)10-2-5-12(6-3-10)20-14-8-11(16(18)19)4-7-13(14)15/h2-9,17H,1H3/t9-/m1/s1. The number of nitro groups is 1. The number of non-ortho nitro benzene ring substituents is 1. The number of hydrogen-bond acceptors (Lipinski definition) is 4. The Balaban J connectivity index is 2.25. The van der Waals surface area contributed by atoms with E-state index in [0.717, 1.165) is 5.56 Å². The summed E-state index contributed by atoms with van der Waals surface area (Å²) in [6, 6.07) is 11.2. The molecule has 0 heterocycles. The highest BCUT2D eigenvalue weighted by molar-refractivity contribution is 9.10. The number of benzene rings is 2. The first kappa shape index (κ1) is 14.5. The molecule has 0 bridgehead atoms. The monoisotopic (exact) mass is 337 g/mol. The fourth-order valence-corrected chi connectivity index (χ4v) is 1.95. The maximum Gasteiger partial charge on any atom is 0.273 e. The molecule has 0 unspecified atom stereocenters. The maximum absolute atomic E-state index is 10.7.